The van der Waals surface area contributed by atoms with E-state index >= 15 is 0 Å². The lowest BCUT2D eigenvalue weighted by atomic mass is 9.97. The molecule has 1 rings (SSSR count). The zero-order valence-corrected chi connectivity index (χ0v) is 9.78. The van der Waals surface area contributed by atoms with Gasteiger partial charge in [-0.05, 0) is 49.9 Å². The SMILES string of the molecule is C=C.C=C(C)c1cc(C)c(C)cc1C. The first kappa shape index (κ1) is 12.7. The predicted molar refractivity (Wildman–Crippen MR) is 66.6 cm³/mol. The van der Waals surface area contributed by atoms with E-state index in [1.807, 2.05) is 0 Å². The minimum Gasteiger partial charge on any atom is -0.106 e. The third-order valence-corrected chi connectivity index (χ3v) is 2.30. The Morgan fingerprint density at radius 3 is 1.79 bits per heavy atom. The second-order valence-electron chi connectivity index (χ2n) is 3.53. The second kappa shape index (κ2) is 5.43. The number of allylic oxidation sites excluding steroid dienone is 1. The molecule has 0 heterocycles. The summed E-state index contributed by atoms with van der Waals surface area (Å²) in [7, 11) is 0. The molecule has 0 radical (unpaired) electrons. The van der Waals surface area contributed by atoms with Gasteiger partial charge in [0.25, 0.3) is 0 Å². The molecule has 0 bridgehead atoms. The van der Waals surface area contributed by atoms with Crippen LogP contribution in [0.25, 0.3) is 5.57 Å². The van der Waals surface area contributed by atoms with Gasteiger partial charge in [0.1, 0.15) is 0 Å². The summed E-state index contributed by atoms with van der Waals surface area (Å²) in [5.74, 6) is 0. The van der Waals surface area contributed by atoms with Crippen LogP contribution in [0.3, 0.4) is 0 Å². The van der Waals surface area contributed by atoms with E-state index in [1.165, 1.54) is 22.3 Å². The summed E-state index contributed by atoms with van der Waals surface area (Å²) in [5.41, 5.74) is 6.47. The van der Waals surface area contributed by atoms with Crippen LogP contribution in [0.15, 0.2) is 31.9 Å². The van der Waals surface area contributed by atoms with E-state index in [-0.39, 0.29) is 0 Å². The van der Waals surface area contributed by atoms with Crippen molar-refractivity contribution in [2.75, 3.05) is 0 Å². The maximum atomic E-state index is 3.96. The van der Waals surface area contributed by atoms with Crippen molar-refractivity contribution in [1.82, 2.24) is 0 Å². The maximum Gasteiger partial charge on any atom is -0.0201 e. The van der Waals surface area contributed by atoms with Crippen LogP contribution in [0, 0.1) is 20.8 Å². The third kappa shape index (κ3) is 2.88. The van der Waals surface area contributed by atoms with Crippen LogP contribution in [-0.4, -0.2) is 0 Å². The van der Waals surface area contributed by atoms with Crippen molar-refractivity contribution in [2.24, 2.45) is 0 Å². The van der Waals surface area contributed by atoms with Crippen LogP contribution in [0.2, 0.25) is 0 Å². The molecule has 0 fully saturated rings. The van der Waals surface area contributed by atoms with Crippen molar-refractivity contribution in [3.63, 3.8) is 0 Å². The average Bonchev–Trinajstić information content (AvgIpc) is 2.14. The highest BCUT2D eigenvalue weighted by molar-refractivity contribution is 5.65. The van der Waals surface area contributed by atoms with Crippen LogP contribution < -0.4 is 0 Å². The Morgan fingerprint density at radius 1 is 0.929 bits per heavy atom. The van der Waals surface area contributed by atoms with Crippen molar-refractivity contribution in [3.05, 3.63) is 54.1 Å². The Bertz CT molecular complexity index is 332. The van der Waals surface area contributed by atoms with Gasteiger partial charge in [0.05, 0.1) is 0 Å². The highest BCUT2D eigenvalue weighted by atomic mass is 14.1. The van der Waals surface area contributed by atoms with Gasteiger partial charge in [0.2, 0.25) is 0 Å². The topological polar surface area (TPSA) is 0 Å². The van der Waals surface area contributed by atoms with Crippen LogP contribution in [0.1, 0.15) is 29.2 Å². The summed E-state index contributed by atoms with van der Waals surface area (Å²) in [6, 6.07) is 4.44. The van der Waals surface area contributed by atoms with Crippen molar-refractivity contribution in [1.29, 1.82) is 0 Å². The zero-order chi connectivity index (χ0) is 11.3. The van der Waals surface area contributed by atoms with Gasteiger partial charge >= 0.3 is 0 Å². The van der Waals surface area contributed by atoms with Gasteiger partial charge in [-0.25, -0.2) is 0 Å². The fraction of sp³-hybridized carbons (Fsp3) is 0.286. The average molecular weight is 188 g/mol. The summed E-state index contributed by atoms with van der Waals surface area (Å²) in [6.45, 7) is 18.4. The Labute approximate surface area is 88.0 Å². The van der Waals surface area contributed by atoms with E-state index in [2.05, 4.69) is 59.6 Å². The van der Waals surface area contributed by atoms with Crippen molar-refractivity contribution in [3.8, 4) is 0 Å². The zero-order valence-electron chi connectivity index (χ0n) is 9.78. The number of hydrogen-bond acceptors (Lipinski definition) is 0. The fourth-order valence-corrected chi connectivity index (χ4v) is 1.42. The fourth-order valence-electron chi connectivity index (χ4n) is 1.42. The van der Waals surface area contributed by atoms with Gasteiger partial charge in [-0.1, -0.05) is 24.3 Å². The summed E-state index contributed by atoms with van der Waals surface area (Å²) in [5, 5.41) is 0. The number of aryl methyl sites for hydroxylation is 3. The maximum absolute atomic E-state index is 3.96. The second-order valence-corrected chi connectivity index (χ2v) is 3.53. The molecule has 0 amide bonds. The molecular weight excluding hydrogens is 168 g/mol. The molecule has 0 heteroatoms. The lowest BCUT2D eigenvalue weighted by molar-refractivity contribution is 1.28. The first-order valence-electron chi connectivity index (χ1n) is 4.76. The van der Waals surface area contributed by atoms with Gasteiger partial charge in [0, 0.05) is 0 Å². The normalized spacial score (nSPS) is 8.86. The minimum atomic E-state index is 1.15. The lowest BCUT2D eigenvalue weighted by Gasteiger charge is -2.08. The summed E-state index contributed by atoms with van der Waals surface area (Å²) in [4.78, 5) is 0. The molecule has 14 heavy (non-hydrogen) atoms. The highest BCUT2D eigenvalue weighted by Crippen LogP contribution is 2.20. The molecule has 76 valence electrons. The Morgan fingerprint density at radius 2 is 1.36 bits per heavy atom. The molecule has 0 aliphatic rings. The van der Waals surface area contributed by atoms with Gasteiger partial charge in [-0.3, -0.25) is 0 Å². The molecule has 0 N–H and O–H groups in total. The van der Waals surface area contributed by atoms with E-state index in [0.29, 0.717) is 0 Å². The molecule has 0 spiro atoms. The molecule has 0 atom stereocenters. The van der Waals surface area contributed by atoms with Crippen molar-refractivity contribution < 1.29 is 0 Å². The Kier molecular flexibility index (Phi) is 4.93. The standard InChI is InChI=1S/C12H16.C2H4/c1-8(2)12-7-10(4)9(3)6-11(12)5;1-2/h6-7H,1H2,2-5H3;1-2H2. The van der Waals surface area contributed by atoms with Gasteiger partial charge < -0.3 is 0 Å². The van der Waals surface area contributed by atoms with E-state index in [0.717, 1.165) is 5.57 Å². The first-order chi connectivity index (χ1) is 6.52. The number of benzene rings is 1. The minimum absolute atomic E-state index is 1.15. The van der Waals surface area contributed by atoms with Crippen molar-refractivity contribution in [2.45, 2.75) is 27.7 Å². The molecule has 0 nitrogen and oxygen atoms in total. The monoisotopic (exact) mass is 188 g/mol. The molecule has 0 aliphatic heterocycles. The Balaban J connectivity index is 0.000000791. The molecule has 1 aromatic carbocycles. The van der Waals surface area contributed by atoms with Gasteiger partial charge in [0.15, 0.2) is 0 Å². The smallest absolute Gasteiger partial charge is 0.0201 e. The van der Waals surface area contributed by atoms with Gasteiger partial charge in [-0.15, -0.1) is 13.2 Å². The van der Waals surface area contributed by atoms with Crippen molar-refractivity contribution >= 4 is 5.57 Å². The third-order valence-electron chi connectivity index (χ3n) is 2.30. The number of rotatable bonds is 1. The van der Waals surface area contributed by atoms with E-state index in [4.69, 9.17) is 0 Å². The molecule has 0 saturated heterocycles. The largest absolute Gasteiger partial charge is 0.106 e. The Hall–Kier alpha value is -1.30. The summed E-state index contributed by atoms with van der Waals surface area (Å²) in [6.07, 6.45) is 0. The van der Waals surface area contributed by atoms with Crippen LogP contribution in [-0.2, 0) is 0 Å². The van der Waals surface area contributed by atoms with Crippen LogP contribution >= 0.6 is 0 Å². The highest BCUT2D eigenvalue weighted by Gasteiger charge is 2.01. The quantitative estimate of drug-likeness (QED) is 0.571. The molecule has 1 aromatic rings. The summed E-state index contributed by atoms with van der Waals surface area (Å²) >= 11 is 0. The number of hydrogen-bond donors (Lipinski definition) is 0. The molecule has 0 aliphatic carbocycles. The van der Waals surface area contributed by atoms with Gasteiger partial charge in [-0.2, -0.15) is 0 Å². The van der Waals surface area contributed by atoms with Crippen LogP contribution in [0.4, 0.5) is 0 Å². The predicted octanol–water partition coefficient (Wildman–Crippen LogP) is 4.45. The summed E-state index contributed by atoms with van der Waals surface area (Å²) < 4.78 is 0. The lowest BCUT2D eigenvalue weighted by Crippen LogP contribution is -1.89. The van der Waals surface area contributed by atoms with E-state index < -0.39 is 0 Å². The molecule has 0 aromatic heterocycles. The first-order valence-corrected chi connectivity index (χ1v) is 4.76. The molecule has 0 saturated carbocycles. The van der Waals surface area contributed by atoms with E-state index in [1.54, 1.807) is 0 Å². The van der Waals surface area contributed by atoms with E-state index in [9.17, 15) is 0 Å². The molecule has 0 unspecified atom stereocenters. The molecular formula is C14H20. The van der Waals surface area contributed by atoms with Crippen LogP contribution in [0.5, 0.6) is 0 Å².